The van der Waals surface area contributed by atoms with Gasteiger partial charge in [-0.2, -0.15) is 4.98 Å². The average molecular weight is 889 g/mol. The Kier molecular flexibility index (Phi) is 21.0. The number of anilines is 2. The van der Waals surface area contributed by atoms with Crippen LogP contribution in [0.5, 0.6) is 17.2 Å². The Balaban J connectivity index is 1.87. The first-order valence-electron chi connectivity index (χ1n) is 20.7. The Morgan fingerprint density at radius 3 is 1.76 bits per heavy atom. The Bertz CT molecular complexity index is 1810. The zero-order chi connectivity index (χ0) is 47.4. The maximum Gasteiger partial charge on any atom is 0.414 e. The summed E-state index contributed by atoms with van der Waals surface area (Å²) in [4.78, 5) is 75.7. The van der Waals surface area contributed by atoms with Crippen LogP contribution in [0.1, 0.15) is 112 Å². The monoisotopic (exact) mass is 889 g/mol. The van der Waals surface area contributed by atoms with E-state index >= 15 is 0 Å². The number of ether oxygens (including phenoxy) is 6. The van der Waals surface area contributed by atoms with E-state index in [0.29, 0.717) is 49.4 Å². The van der Waals surface area contributed by atoms with Crippen LogP contribution in [0.25, 0.3) is 0 Å². The zero-order valence-electron chi connectivity index (χ0n) is 38.6. The summed E-state index contributed by atoms with van der Waals surface area (Å²) in [5.74, 6) is 0.404. The lowest BCUT2D eigenvalue weighted by molar-refractivity contribution is -0.124. The molecule has 0 saturated carbocycles. The van der Waals surface area contributed by atoms with E-state index in [0.717, 1.165) is 18.4 Å². The van der Waals surface area contributed by atoms with Gasteiger partial charge < -0.3 is 55.8 Å². The summed E-state index contributed by atoms with van der Waals surface area (Å²) >= 11 is 0. The molecular weight excluding hydrogens is 821 g/mol. The van der Waals surface area contributed by atoms with Crippen molar-refractivity contribution in [3.05, 3.63) is 29.5 Å². The molecule has 21 heteroatoms. The number of hydrogen-bond acceptors (Lipinski definition) is 16. The van der Waals surface area contributed by atoms with Crippen molar-refractivity contribution in [2.24, 2.45) is 4.99 Å². The van der Waals surface area contributed by atoms with Gasteiger partial charge in [0.2, 0.25) is 23.6 Å². The molecule has 0 aliphatic heterocycles. The van der Waals surface area contributed by atoms with Gasteiger partial charge in [0.05, 0.1) is 14.2 Å². The van der Waals surface area contributed by atoms with Gasteiger partial charge in [0.15, 0.2) is 18.1 Å². The molecule has 0 bridgehead atoms. The number of nitrogens with one attached hydrogen (secondary N) is 5. The second kappa shape index (κ2) is 25.0. The molecule has 1 aromatic heterocycles. The molecule has 0 fully saturated rings. The van der Waals surface area contributed by atoms with E-state index in [1.807, 2.05) is 0 Å². The van der Waals surface area contributed by atoms with Crippen LogP contribution in [0.4, 0.5) is 26.1 Å². The van der Waals surface area contributed by atoms with Gasteiger partial charge in [0.1, 0.15) is 28.7 Å². The lowest BCUT2D eigenvalue weighted by atomic mass is 10.1. The van der Waals surface area contributed by atoms with Crippen LogP contribution in [0.2, 0.25) is 0 Å². The third-order valence-corrected chi connectivity index (χ3v) is 8.07. The van der Waals surface area contributed by atoms with Crippen LogP contribution < -0.4 is 52.3 Å². The first kappa shape index (κ1) is 52.9. The average Bonchev–Trinajstić information content (AvgIpc) is 3.14. The van der Waals surface area contributed by atoms with Crippen LogP contribution in [-0.2, 0) is 30.2 Å². The molecule has 0 aliphatic rings. The van der Waals surface area contributed by atoms with Crippen molar-refractivity contribution in [2.75, 3.05) is 51.9 Å². The van der Waals surface area contributed by atoms with Gasteiger partial charge in [-0.1, -0.05) is 12.8 Å². The number of benzene rings is 1. The quantitative estimate of drug-likeness (QED) is 0.0417. The van der Waals surface area contributed by atoms with Gasteiger partial charge in [-0.05, 0) is 106 Å². The van der Waals surface area contributed by atoms with E-state index in [4.69, 9.17) is 39.9 Å². The Hall–Kier alpha value is -6.28. The number of methoxy groups -OCH3 is 2. The van der Waals surface area contributed by atoms with Gasteiger partial charge >= 0.3 is 18.3 Å². The van der Waals surface area contributed by atoms with E-state index in [9.17, 15) is 24.0 Å². The molecule has 1 atom stereocenters. The number of nitrogens with two attached hydrogens (primary N) is 2. The number of unbranched alkanes of at least 4 members (excludes halogenated alkanes) is 3. The van der Waals surface area contributed by atoms with Crippen LogP contribution in [-0.4, -0.2) is 109 Å². The number of aliphatic imine (C=N–C) groups is 1. The molecular formula is C42H68N10O11. The third-order valence-electron chi connectivity index (χ3n) is 8.07. The summed E-state index contributed by atoms with van der Waals surface area (Å²) in [6.07, 6.45) is 2.80. The highest BCUT2D eigenvalue weighted by Gasteiger charge is 2.25. The maximum absolute atomic E-state index is 13.2. The van der Waals surface area contributed by atoms with Crippen molar-refractivity contribution in [1.29, 1.82) is 0 Å². The molecule has 9 N–H and O–H groups in total. The topological polar surface area (TPSA) is 291 Å². The van der Waals surface area contributed by atoms with Crippen LogP contribution in [0.3, 0.4) is 0 Å². The van der Waals surface area contributed by atoms with Crippen molar-refractivity contribution >= 4 is 47.8 Å². The van der Waals surface area contributed by atoms with E-state index in [1.165, 1.54) is 14.2 Å². The molecule has 63 heavy (non-hydrogen) atoms. The lowest BCUT2D eigenvalue weighted by Crippen LogP contribution is -2.48. The number of nitrogens with zero attached hydrogens (tertiary/aromatic N) is 3. The highest BCUT2D eigenvalue weighted by atomic mass is 16.6. The van der Waals surface area contributed by atoms with E-state index in [1.54, 1.807) is 80.6 Å². The largest absolute Gasteiger partial charge is 0.493 e. The summed E-state index contributed by atoms with van der Waals surface area (Å²) in [5, 5.41) is 13.2. The van der Waals surface area contributed by atoms with E-state index < -0.39 is 47.0 Å². The maximum atomic E-state index is 13.2. The third kappa shape index (κ3) is 22.4. The summed E-state index contributed by atoms with van der Waals surface area (Å²) in [6, 6.07) is 2.54. The molecule has 21 nitrogen and oxygen atoms in total. The first-order valence-corrected chi connectivity index (χ1v) is 20.7. The van der Waals surface area contributed by atoms with Crippen molar-refractivity contribution in [2.45, 2.75) is 130 Å². The number of carbonyl (C=O) groups is 5. The van der Waals surface area contributed by atoms with Gasteiger partial charge in [0.25, 0.3) is 5.91 Å². The molecule has 0 unspecified atom stereocenters. The molecule has 0 radical (unpaired) electrons. The number of hydrogen-bond donors (Lipinski definition) is 7. The molecule has 5 amide bonds. The van der Waals surface area contributed by atoms with Gasteiger partial charge in [-0.3, -0.25) is 25.2 Å². The first-order chi connectivity index (χ1) is 29.4. The van der Waals surface area contributed by atoms with Crippen molar-refractivity contribution in [3.8, 4) is 17.2 Å². The minimum Gasteiger partial charge on any atom is -0.493 e. The number of rotatable bonds is 20. The predicted molar refractivity (Wildman–Crippen MR) is 237 cm³/mol. The number of aromatic nitrogens is 2. The molecule has 0 spiro atoms. The summed E-state index contributed by atoms with van der Waals surface area (Å²) in [7, 11) is 2.96. The molecule has 0 saturated heterocycles. The van der Waals surface area contributed by atoms with Crippen molar-refractivity contribution in [3.63, 3.8) is 0 Å². The molecule has 352 valence electrons. The van der Waals surface area contributed by atoms with Gasteiger partial charge in [0, 0.05) is 37.8 Å². The fraction of sp³-hybridized carbons (Fsp3) is 0.619. The fourth-order valence-corrected chi connectivity index (χ4v) is 5.44. The molecule has 0 aliphatic carbocycles. The van der Waals surface area contributed by atoms with E-state index in [-0.39, 0.29) is 55.4 Å². The SMILES string of the molecule is COc1cc(Cc2cnc(N)nc2N)cc(OC)c1OCC(=O)NCCCCCCNC(=O)[C@@H](CCCN=C(NC(=O)OC(C)(C)C)NC(=O)OC(C)(C)C)NC(=O)OC(C)(C)C. The number of guanidine groups is 1. The molecule has 2 aromatic rings. The van der Waals surface area contributed by atoms with Crippen molar-refractivity contribution < 1.29 is 52.4 Å². The number of carbonyl (C=O) groups excluding carboxylic acids is 5. The second-order valence-corrected chi connectivity index (χ2v) is 17.3. The zero-order valence-corrected chi connectivity index (χ0v) is 38.6. The number of alkyl carbamates (subject to hydrolysis) is 3. The number of nitrogen functional groups attached to an aromatic ring is 2. The minimum absolute atomic E-state index is 0.0532. The van der Waals surface area contributed by atoms with Gasteiger partial charge in [-0.25, -0.2) is 19.4 Å². The van der Waals surface area contributed by atoms with Gasteiger partial charge in [-0.15, -0.1) is 0 Å². The van der Waals surface area contributed by atoms with Crippen molar-refractivity contribution in [1.82, 2.24) is 36.6 Å². The number of amides is 5. The molecule has 1 heterocycles. The minimum atomic E-state index is -0.963. The standard InChI is InChI=1S/C42H68N10O11/c1-40(2,3)61-37(55)49-28(17-16-20-47-36(51-38(56)62-41(4,5)6)52-39(57)63-42(7,8)9)34(54)46-19-15-13-12-14-18-45-31(53)25-60-32-29(58-10)22-26(23-30(32)59-11)21-27-24-48-35(44)50-33(27)43/h22-24,28H,12-21,25H2,1-11H3,(H,45,53)(H,46,54)(H,49,55)(H4,43,44,48,50)(H2,47,51,52,56,57)/t28-/m1/s1. The summed E-state index contributed by atoms with van der Waals surface area (Å²) < 4.78 is 32.8. The smallest absolute Gasteiger partial charge is 0.414 e. The molecule has 1 aromatic carbocycles. The Labute approximate surface area is 369 Å². The Morgan fingerprint density at radius 2 is 1.25 bits per heavy atom. The predicted octanol–water partition coefficient (Wildman–Crippen LogP) is 4.50. The highest BCUT2D eigenvalue weighted by molar-refractivity contribution is 6.01. The normalized spacial score (nSPS) is 11.9. The Morgan fingerprint density at radius 1 is 0.730 bits per heavy atom. The fourth-order valence-electron chi connectivity index (χ4n) is 5.44. The molecule has 2 rings (SSSR count). The van der Waals surface area contributed by atoms with Crippen LogP contribution >= 0.6 is 0 Å². The van der Waals surface area contributed by atoms with Crippen LogP contribution in [0, 0.1) is 0 Å². The summed E-state index contributed by atoms with van der Waals surface area (Å²) in [6.45, 7) is 15.8. The van der Waals surface area contributed by atoms with E-state index in [2.05, 4.69) is 41.5 Å². The second-order valence-electron chi connectivity index (χ2n) is 17.3. The van der Waals surface area contributed by atoms with Crippen LogP contribution in [0.15, 0.2) is 23.3 Å². The highest BCUT2D eigenvalue weighted by Crippen LogP contribution is 2.39. The lowest BCUT2D eigenvalue weighted by Gasteiger charge is -2.23. The summed E-state index contributed by atoms with van der Waals surface area (Å²) in [5.41, 5.74) is 10.7.